The second-order valence-corrected chi connectivity index (χ2v) is 5.80. The van der Waals surface area contributed by atoms with Crippen LogP contribution in [0.3, 0.4) is 0 Å². The van der Waals surface area contributed by atoms with Crippen LogP contribution >= 0.6 is 0 Å². The lowest BCUT2D eigenvalue weighted by molar-refractivity contribution is -0.122. The molecule has 1 N–H and O–H groups in total. The van der Waals surface area contributed by atoms with Gasteiger partial charge in [0.25, 0.3) is 5.91 Å². The molecule has 0 bridgehead atoms. The van der Waals surface area contributed by atoms with Gasteiger partial charge in [0.2, 0.25) is 0 Å². The molecule has 2 aromatic carbocycles. The van der Waals surface area contributed by atoms with Gasteiger partial charge in [0, 0.05) is 5.69 Å². The summed E-state index contributed by atoms with van der Waals surface area (Å²) in [5.41, 5.74) is 4.43. The molecule has 0 saturated heterocycles. The molecular weight excluding hydrogens is 286 g/mol. The van der Waals surface area contributed by atoms with Gasteiger partial charge in [0.15, 0.2) is 6.10 Å². The number of aryl methyl sites for hydroxylation is 3. The highest BCUT2D eigenvalue weighted by atomic mass is 16.5. The van der Waals surface area contributed by atoms with Crippen molar-refractivity contribution in [2.24, 2.45) is 0 Å². The van der Waals surface area contributed by atoms with Crippen molar-refractivity contribution in [1.82, 2.24) is 0 Å². The Bertz CT molecular complexity index is 662. The van der Waals surface area contributed by atoms with Gasteiger partial charge in [-0.15, -0.1) is 0 Å². The average Bonchev–Trinajstić information content (AvgIpc) is 2.56. The van der Waals surface area contributed by atoms with Gasteiger partial charge in [-0.05, 0) is 67.6 Å². The molecule has 0 heterocycles. The van der Waals surface area contributed by atoms with E-state index < -0.39 is 6.10 Å². The number of hydrogen-bond donors (Lipinski definition) is 1. The molecule has 0 aliphatic carbocycles. The largest absolute Gasteiger partial charge is 0.481 e. The van der Waals surface area contributed by atoms with Crippen molar-refractivity contribution in [2.75, 3.05) is 5.32 Å². The Balaban J connectivity index is 2.03. The van der Waals surface area contributed by atoms with Crippen molar-refractivity contribution in [3.05, 3.63) is 59.2 Å². The SMILES string of the molecule is CCc1ccc(O[C@H](CC)C(=O)Nc2ccc(C)c(C)c2)cc1. The maximum Gasteiger partial charge on any atom is 0.265 e. The molecule has 1 amide bonds. The van der Waals surface area contributed by atoms with E-state index >= 15 is 0 Å². The minimum Gasteiger partial charge on any atom is -0.481 e. The van der Waals surface area contributed by atoms with Crippen molar-refractivity contribution in [3.63, 3.8) is 0 Å². The van der Waals surface area contributed by atoms with Crippen LogP contribution in [-0.2, 0) is 11.2 Å². The summed E-state index contributed by atoms with van der Waals surface area (Å²) in [5.74, 6) is 0.611. The Morgan fingerprint density at radius 2 is 1.74 bits per heavy atom. The molecule has 0 radical (unpaired) electrons. The molecule has 3 nitrogen and oxygen atoms in total. The van der Waals surface area contributed by atoms with Crippen molar-refractivity contribution >= 4 is 11.6 Å². The van der Waals surface area contributed by atoms with Crippen molar-refractivity contribution in [3.8, 4) is 5.75 Å². The lowest BCUT2D eigenvalue weighted by Gasteiger charge is -2.18. The standard InChI is InChI=1S/C20H25NO2/c1-5-16-8-11-18(12-9-16)23-19(6-2)20(22)21-17-10-7-14(3)15(4)13-17/h7-13,19H,5-6H2,1-4H3,(H,21,22)/t19-/m1/s1. The third-order valence-corrected chi connectivity index (χ3v) is 4.05. The first kappa shape index (κ1) is 17.1. The normalized spacial score (nSPS) is 11.8. The summed E-state index contributed by atoms with van der Waals surface area (Å²) in [6.07, 6.45) is 1.11. The van der Waals surface area contributed by atoms with Crippen LogP contribution in [0.5, 0.6) is 5.75 Å². The summed E-state index contributed by atoms with van der Waals surface area (Å²) in [7, 11) is 0. The van der Waals surface area contributed by atoms with Crippen LogP contribution in [0.25, 0.3) is 0 Å². The van der Waals surface area contributed by atoms with Crippen molar-refractivity contribution < 1.29 is 9.53 Å². The molecule has 0 aromatic heterocycles. The summed E-state index contributed by atoms with van der Waals surface area (Å²) in [4.78, 5) is 12.4. The molecular formula is C20H25NO2. The molecule has 3 heteroatoms. The molecule has 122 valence electrons. The fourth-order valence-electron chi connectivity index (χ4n) is 2.33. The first-order valence-electron chi connectivity index (χ1n) is 8.17. The maximum atomic E-state index is 12.4. The van der Waals surface area contributed by atoms with Gasteiger partial charge < -0.3 is 10.1 Å². The van der Waals surface area contributed by atoms with Crippen LogP contribution < -0.4 is 10.1 Å². The van der Waals surface area contributed by atoms with E-state index in [-0.39, 0.29) is 5.91 Å². The molecule has 2 rings (SSSR count). The molecule has 0 unspecified atom stereocenters. The maximum absolute atomic E-state index is 12.4. The van der Waals surface area contributed by atoms with Crippen molar-refractivity contribution in [1.29, 1.82) is 0 Å². The second-order valence-electron chi connectivity index (χ2n) is 5.80. The number of nitrogens with one attached hydrogen (secondary N) is 1. The minimum absolute atomic E-state index is 0.115. The van der Waals surface area contributed by atoms with E-state index in [0.29, 0.717) is 6.42 Å². The van der Waals surface area contributed by atoms with E-state index in [4.69, 9.17) is 4.74 Å². The van der Waals surface area contributed by atoms with Gasteiger partial charge in [0.05, 0.1) is 0 Å². The number of carbonyl (C=O) groups excluding carboxylic acids is 1. The second kappa shape index (κ2) is 7.82. The van der Waals surface area contributed by atoms with Gasteiger partial charge in [-0.2, -0.15) is 0 Å². The molecule has 0 aliphatic rings. The van der Waals surface area contributed by atoms with Gasteiger partial charge in [-0.25, -0.2) is 0 Å². The summed E-state index contributed by atoms with van der Waals surface area (Å²) in [6.45, 7) is 8.15. The zero-order chi connectivity index (χ0) is 16.8. The highest BCUT2D eigenvalue weighted by molar-refractivity contribution is 5.94. The van der Waals surface area contributed by atoms with Gasteiger partial charge >= 0.3 is 0 Å². The summed E-state index contributed by atoms with van der Waals surface area (Å²) >= 11 is 0. The Kier molecular flexibility index (Phi) is 5.80. The first-order chi connectivity index (χ1) is 11.0. The van der Waals surface area contributed by atoms with Crippen LogP contribution in [0.4, 0.5) is 5.69 Å². The van der Waals surface area contributed by atoms with Gasteiger partial charge in [-0.3, -0.25) is 4.79 Å². The van der Waals surface area contributed by atoms with E-state index in [0.717, 1.165) is 23.4 Å². The number of benzene rings is 2. The van der Waals surface area contributed by atoms with Crippen LogP contribution in [0.2, 0.25) is 0 Å². The molecule has 0 saturated carbocycles. The number of rotatable bonds is 6. The highest BCUT2D eigenvalue weighted by Gasteiger charge is 2.18. The van der Waals surface area contributed by atoms with Crippen LogP contribution in [0.1, 0.15) is 37.0 Å². The first-order valence-corrected chi connectivity index (χ1v) is 8.17. The van der Waals surface area contributed by atoms with Gasteiger partial charge in [-0.1, -0.05) is 32.0 Å². The number of amides is 1. The van der Waals surface area contributed by atoms with Crippen LogP contribution in [0, 0.1) is 13.8 Å². The lowest BCUT2D eigenvalue weighted by atomic mass is 10.1. The van der Waals surface area contributed by atoms with E-state index in [1.807, 2.05) is 56.3 Å². The summed E-state index contributed by atoms with van der Waals surface area (Å²) in [5, 5.41) is 2.94. The van der Waals surface area contributed by atoms with E-state index in [1.54, 1.807) is 0 Å². The Hall–Kier alpha value is -2.29. The number of carbonyl (C=O) groups is 1. The highest BCUT2D eigenvalue weighted by Crippen LogP contribution is 2.18. The van der Waals surface area contributed by atoms with Gasteiger partial charge in [0.1, 0.15) is 5.75 Å². The fraction of sp³-hybridized carbons (Fsp3) is 0.350. The monoisotopic (exact) mass is 311 g/mol. The quantitative estimate of drug-likeness (QED) is 0.842. The zero-order valence-corrected chi connectivity index (χ0v) is 14.3. The van der Waals surface area contributed by atoms with Crippen LogP contribution in [-0.4, -0.2) is 12.0 Å². The third kappa shape index (κ3) is 4.59. The molecule has 1 atom stereocenters. The molecule has 23 heavy (non-hydrogen) atoms. The fourth-order valence-corrected chi connectivity index (χ4v) is 2.33. The smallest absolute Gasteiger partial charge is 0.265 e. The minimum atomic E-state index is -0.496. The number of anilines is 1. The van der Waals surface area contributed by atoms with Crippen LogP contribution in [0.15, 0.2) is 42.5 Å². The topological polar surface area (TPSA) is 38.3 Å². The van der Waals surface area contributed by atoms with E-state index in [2.05, 4.69) is 19.2 Å². The number of hydrogen-bond acceptors (Lipinski definition) is 2. The summed E-state index contributed by atoms with van der Waals surface area (Å²) in [6, 6.07) is 13.8. The molecule has 0 fully saturated rings. The predicted molar refractivity (Wildman–Crippen MR) is 95.1 cm³/mol. The summed E-state index contributed by atoms with van der Waals surface area (Å²) < 4.78 is 5.84. The Labute approximate surface area is 138 Å². The molecule has 2 aromatic rings. The predicted octanol–water partition coefficient (Wildman–Crippen LogP) is 4.66. The molecule has 0 aliphatic heterocycles. The average molecular weight is 311 g/mol. The van der Waals surface area contributed by atoms with Crippen molar-refractivity contribution in [2.45, 2.75) is 46.6 Å². The van der Waals surface area contributed by atoms with E-state index in [1.165, 1.54) is 11.1 Å². The Morgan fingerprint density at radius 3 is 2.30 bits per heavy atom. The number of ether oxygens (including phenoxy) is 1. The Morgan fingerprint density at radius 1 is 1.04 bits per heavy atom. The third-order valence-electron chi connectivity index (χ3n) is 4.05. The van der Waals surface area contributed by atoms with E-state index in [9.17, 15) is 4.79 Å². The lowest BCUT2D eigenvalue weighted by Crippen LogP contribution is -2.32. The molecule has 0 spiro atoms. The zero-order valence-electron chi connectivity index (χ0n) is 14.3.